The zero-order valence-electron chi connectivity index (χ0n) is 15.3. The summed E-state index contributed by atoms with van der Waals surface area (Å²) in [5.41, 5.74) is 1.69. The smallest absolute Gasteiger partial charge is 0.259 e. The first kappa shape index (κ1) is 20.0. The molecule has 2 aliphatic heterocycles. The highest BCUT2D eigenvalue weighted by Gasteiger charge is 2.38. The van der Waals surface area contributed by atoms with Crippen LogP contribution in [0.25, 0.3) is 0 Å². The number of nitrogens with zero attached hydrogens (tertiary/aromatic N) is 2. The molecule has 1 aromatic rings. The highest BCUT2D eigenvalue weighted by Crippen LogP contribution is 2.39. The van der Waals surface area contributed by atoms with Gasteiger partial charge in [0.05, 0.1) is 0 Å². The van der Waals surface area contributed by atoms with Gasteiger partial charge in [0.15, 0.2) is 6.61 Å². The number of carbonyl (C=O) groups excluding carboxylic acids is 1. The van der Waals surface area contributed by atoms with E-state index >= 15 is 0 Å². The fraction of sp³-hybridized carbons (Fsp3) is 0.632. The first-order valence-corrected chi connectivity index (χ1v) is 8.92. The van der Waals surface area contributed by atoms with E-state index in [0.717, 1.165) is 31.9 Å². The normalized spacial score (nSPS) is 19.4. The van der Waals surface area contributed by atoms with E-state index in [0.29, 0.717) is 5.41 Å². The lowest BCUT2D eigenvalue weighted by Gasteiger charge is -2.34. The quantitative estimate of drug-likeness (QED) is 0.866. The van der Waals surface area contributed by atoms with Crippen LogP contribution in [0.3, 0.4) is 0 Å². The average molecular weight is 368 g/mol. The van der Waals surface area contributed by atoms with Crippen LogP contribution in [0.4, 0.5) is 0 Å². The summed E-state index contributed by atoms with van der Waals surface area (Å²) in [5.74, 6) is 0.818. The number of likely N-dealkylation sites (N-methyl/N-ethyl adjacent to an activating group) is 1. The second kappa shape index (κ2) is 8.88. The van der Waals surface area contributed by atoms with E-state index in [1.807, 2.05) is 18.2 Å². The lowest BCUT2D eigenvalue weighted by Crippen LogP contribution is -2.38. The number of hydrogen-bond donors (Lipinski definition) is 1. The molecular weight excluding hydrogens is 338 g/mol. The van der Waals surface area contributed by atoms with Crippen molar-refractivity contribution in [2.45, 2.75) is 25.8 Å². The van der Waals surface area contributed by atoms with E-state index in [1.165, 1.54) is 31.4 Å². The van der Waals surface area contributed by atoms with Crippen LogP contribution in [0.5, 0.6) is 5.75 Å². The topological polar surface area (TPSA) is 44.8 Å². The van der Waals surface area contributed by atoms with Gasteiger partial charge in [0.1, 0.15) is 5.75 Å². The van der Waals surface area contributed by atoms with Crippen molar-refractivity contribution in [3.8, 4) is 5.75 Å². The fourth-order valence-electron chi connectivity index (χ4n) is 3.81. The number of likely N-dealkylation sites (tertiary alicyclic amines) is 1. The minimum atomic E-state index is -0.0142. The average Bonchev–Trinajstić information content (AvgIpc) is 2.96. The zero-order chi connectivity index (χ0) is 17.0. The second-order valence-corrected chi connectivity index (χ2v) is 7.40. The van der Waals surface area contributed by atoms with Crippen LogP contribution in [0.15, 0.2) is 24.3 Å². The molecule has 0 aromatic heterocycles. The first-order chi connectivity index (χ1) is 11.6. The molecule has 0 bridgehead atoms. The largest absolute Gasteiger partial charge is 0.483 e. The van der Waals surface area contributed by atoms with Crippen molar-refractivity contribution in [3.63, 3.8) is 0 Å². The molecule has 2 heterocycles. The maximum absolute atomic E-state index is 11.8. The summed E-state index contributed by atoms with van der Waals surface area (Å²) in [5, 5.41) is 3.47. The van der Waals surface area contributed by atoms with Gasteiger partial charge in [-0.05, 0) is 50.4 Å². The van der Waals surface area contributed by atoms with Crippen LogP contribution in [-0.4, -0.2) is 62.6 Å². The summed E-state index contributed by atoms with van der Waals surface area (Å²) in [6, 6.07) is 8.10. The SMILES string of the molecule is CN(C)C(=O)COc1ccccc1CN1CCC2(CCNCC2)C1.Cl. The third-order valence-corrected chi connectivity index (χ3v) is 5.40. The molecule has 3 rings (SSSR count). The number of ether oxygens (including phenoxy) is 1. The van der Waals surface area contributed by atoms with Crippen LogP contribution >= 0.6 is 12.4 Å². The highest BCUT2D eigenvalue weighted by atomic mass is 35.5. The van der Waals surface area contributed by atoms with Gasteiger partial charge in [-0.25, -0.2) is 0 Å². The molecule has 5 nitrogen and oxygen atoms in total. The minimum Gasteiger partial charge on any atom is -0.483 e. The summed E-state index contributed by atoms with van der Waals surface area (Å²) >= 11 is 0. The van der Waals surface area contributed by atoms with Gasteiger partial charge in [-0.2, -0.15) is 0 Å². The molecule has 0 atom stereocenters. The monoisotopic (exact) mass is 367 g/mol. The number of halogens is 1. The van der Waals surface area contributed by atoms with Crippen LogP contribution in [0, 0.1) is 5.41 Å². The molecule has 1 N–H and O–H groups in total. The number of hydrogen-bond acceptors (Lipinski definition) is 4. The van der Waals surface area contributed by atoms with Crippen LogP contribution in [-0.2, 0) is 11.3 Å². The van der Waals surface area contributed by atoms with Gasteiger partial charge in [-0.15, -0.1) is 12.4 Å². The molecule has 0 radical (unpaired) electrons. The van der Waals surface area contributed by atoms with Gasteiger partial charge in [0, 0.05) is 32.7 Å². The molecule has 140 valence electrons. The Balaban J connectivity index is 0.00000225. The summed E-state index contributed by atoms with van der Waals surface area (Å²) in [7, 11) is 3.50. The van der Waals surface area contributed by atoms with Crippen molar-refractivity contribution in [1.29, 1.82) is 0 Å². The molecule has 0 aliphatic carbocycles. The third-order valence-electron chi connectivity index (χ3n) is 5.40. The summed E-state index contributed by atoms with van der Waals surface area (Å²) < 4.78 is 5.78. The number of benzene rings is 1. The van der Waals surface area contributed by atoms with Crippen molar-refractivity contribution >= 4 is 18.3 Å². The number of para-hydroxylation sites is 1. The Labute approximate surface area is 157 Å². The molecule has 2 aliphatic rings. The molecule has 1 amide bonds. The Morgan fingerprint density at radius 2 is 1.96 bits per heavy atom. The zero-order valence-corrected chi connectivity index (χ0v) is 16.1. The van der Waals surface area contributed by atoms with Crippen LogP contribution in [0.2, 0.25) is 0 Å². The maximum atomic E-state index is 11.8. The molecule has 0 unspecified atom stereocenters. The fourth-order valence-corrected chi connectivity index (χ4v) is 3.81. The van der Waals surface area contributed by atoms with Crippen molar-refractivity contribution in [2.75, 3.05) is 46.9 Å². The van der Waals surface area contributed by atoms with E-state index in [1.54, 1.807) is 19.0 Å². The lowest BCUT2D eigenvalue weighted by molar-refractivity contribution is -0.130. The molecule has 2 fully saturated rings. The molecule has 1 spiro atoms. The van der Waals surface area contributed by atoms with Gasteiger partial charge < -0.3 is 15.0 Å². The van der Waals surface area contributed by atoms with Gasteiger partial charge in [-0.3, -0.25) is 9.69 Å². The Kier molecular flexibility index (Phi) is 7.11. The second-order valence-electron chi connectivity index (χ2n) is 7.40. The van der Waals surface area contributed by atoms with E-state index in [2.05, 4.69) is 16.3 Å². The van der Waals surface area contributed by atoms with E-state index in [9.17, 15) is 4.79 Å². The van der Waals surface area contributed by atoms with Gasteiger partial charge >= 0.3 is 0 Å². The molecule has 0 saturated carbocycles. The van der Waals surface area contributed by atoms with Gasteiger partial charge in [0.2, 0.25) is 0 Å². The highest BCUT2D eigenvalue weighted by molar-refractivity contribution is 5.85. The Hall–Kier alpha value is -1.30. The lowest BCUT2D eigenvalue weighted by atomic mass is 9.78. The molecule has 1 aromatic carbocycles. The summed E-state index contributed by atoms with van der Waals surface area (Å²) in [6.45, 7) is 5.64. The predicted molar refractivity (Wildman–Crippen MR) is 102 cm³/mol. The predicted octanol–water partition coefficient (Wildman–Crippen LogP) is 2.15. The molecule has 6 heteroatoms. The van der Waals surface area contributed by atoms with Crippen molar-refractivity contribution in [2.24, 2.45) is 5.41 Å². The van der Waals surface area contributed by atoms with E-state index < -0.39 is 0 Å². The standard InChI is InChI=1S/C19H29N3O2.ClH/c1-21(2)18(23)14-24-17-6-4-3-5-16(17)13-22-12-9-19(15-22)7-10-20-11-8-19;/h3-6,20H,7-15H2,1-2H3;1H. The molecule has 25 heavy (non-hydrogen) atoms. The van der Waals surface area contributed by atoms with Crippen molar-refractivity contribution < 1.29 is 9.53 Å². The van der Waals surface area contributed by atoms with Crippen LogP contribution < -0.4 is 10.1 Å². The maximum Gasteiger partial charge on any atom is 0.259 e. The number of nitrogens with one attached hydrogen (secondary N) is 1. The number of piperidine rings is 1. The number of rotatable bonds is 5. The van der Waals surface area contributed by atoms with Gasteiger partial charge in [0.25, 0.3) is 5.91 Å². The van der Waals surface area contributed by atoms with Gasteiger partial charge in [-0.1, -0.05) is 18.2 Å². The molecular formula is C19H30ClN3O2. The Morgan fingerprint density at radius 3 is 2.68 bits per heavy atom. The number of amides is 1. The van der Waals surface area contributed by atoms with Crippen LogP contribution in [0.1, 0.15) is 24.8 Å². The minimum absolute atomic E-state index is 0. The van der Waals surface area contributed by atoms with E-state index in [-0.39, 0.29) is 24.9 Å². The summed E-state index contributed by atoms with van der Waals surface area (Å²) in [4.78, 5) is 15.9. The summed E-state index contributed by atoms with van der Waals surface area (Å²) in [6.07, 6.45) is 3.88. The first-order valence-electron chi connectivity index (χ1n) is 8.92. The Morgan fingerprint density at radius 1 is 1.24 bits per heavy atom. The van der Waals surface area contributed by atoms with Crippen molar-refractivity contribution in [3.05, 3.63) is 29.8 Å². The van der Waals surface area contributed by atoms with Crippen molar-refractivity contribution in [1.82, 2.24) is 15.1 Å². The third kappa shape index (κ3) is 5.09. The van der Waals surface area contributed by atoms with E-state index in [4.69, 9.17) is 4.74 Å². The number of carbonyl (C=O) groups is 1. The molecule has 2 saturated heterocycles. The Bertz CT molecular complexity index is 574.